The SMILES string of the molecule is CC(C)n1ncnc1CNc1ccc(-n2cc(CO)nn2)cc1. The lowest BCUT2D eigenvalue weighted by Gasteiger charge is -2.11. The van der Waals surface area contributed by atoms with Crippen LogP contribution in [0.15, 0.2) is 36.8 Å². The fourth-order valence-electron chi connectivity index (χ4n) is 2.24. The highest BCUT2D eigenvalue weighted by atomic mass is 16.3. The van der Waals surface area contributed by atoms with Crippen molar-refractivity contribution in [1.82, 2.24) is 29.8 Å². The Morgan fingerprint density at radius 1 is 1.22 bits per heavy atom. The fourth-order valence-corrected chi connectivity index (χ4v) is 2.24. The molecule has 1 aromatic carbocycles. The largest absolute Gasteiger partial charge is 0.390 e. The Balaban J connectivity index is 1.66. The second-order valence-electron chi connectivity index (χ2n) is 5.43. The number of rotatable bonds is 6. The molecule has 8 heteroatoms. The molecule has 0 unspecified atom stereocenters. The highest BCUT2D eigenvalue weighted by molar-refractivity contribution is 5.48. The molecule has 0 spiro atoms. The Hall–Kier alpha value is -2.74. The van der Waals surface area contributed by atoms with Crippen molar-refractivity contribution in [2.45, 2.75) is 33.0 Å². The Morgan fingerprint density at radius 2 is 2.00 bits per heavy atom. The van der Waals surface area contributed by atoms with Gasteiger partial charge in [-0.1, -0.05) is 5.21 Å². The zero-order valence-corrected chi connectivity index (χ0v) is 13.1. The maximum Gasteiger partial charge on any atom is 0.146 e. The van der Waals surface area contributed by atoms with Crippen molar-refractivity contribution in [2.24, 2.45) is 0 Å². The van der Waals surface area contributed by atoms with E-state index in [1.165, 1.54) is 0 Å². The zero-order chi connectivity index (χ0) is 16.2. The number of nitrogens with zero attached hydrogens (tertiary/aromatic N) is 6. The van der Waals surface area contributed by atoms with E-state index in [4.69, 9.17) is 5.11 Å². The van der Waals surface area contributed by atoms with Gasteiger partial charge < -0.3 is 10.4 Å². The van der Waals surface area contributed by atoms with Crippen LogP contribution in [0.4, 0.5) is 5.69 Å². The number of benzene rings is 1. The molecule has 0 radical (unpaired) electrons. The van der Waals surface area contributed by atoms with Crippen LogP contribution < -0.4 is 5.32 Å². The standard InChI is InChI=1S/C15H19N7O/c1-11(2)22-15(17-10-18-22)7-16-12-3-5-14(6-4-12)21-8-13(9-23)19-20-21/h3-6,8,10-11,16,23H,7,9H2,1-2H3. The molecule has 2 heterocycles. The first-order chi connectivity index (χ1) is 11.2. The van der Waals surface area contributed by atoms with Gasteiger partial charge in [0.25, 0.3) is 0 Å². The Kier molecular flexibility index (Phi) is 4.33. The molecular formula is C15H19N7O. The lowest BCUT2D eigenvalue weighted by molar-refractivity contribution is 0.276. The molecule has 2 N–H and O–H groups in total. The number of nitrogens with one attached hydrogen (secondary N) is 1. The van der Waals surface area contributed by atoms with Crippen LogP contribution in [0.3, 0.4) is 0 Å². The zero-order valence-electron chi connectivity index (χ0n) is 13.1. The molecule has 0 saturated heterocycles. The van der Waals surface area contributed by atoms with Gasteiger partial charge in [0.1, 0.15) is 17.8 Å². The van der Waals surface area contributed by atoms with E-state index in [-0.39, 0.29) is 12.6 Å². The van der Waals surface area contributed by atoms with Gasteiger partial charge in [-0.3, -0.25) is 0 Å². The van der Waals surface area contributed by atoms with E-state index < -0.39 is 0 Å². The van der Waals surface area contributed by atoms with Crippen LogP contribution in [-0.4, -0.2) is 34.9 Å². The van der Waals surface area contributed by atoms with Gasteiger partial charge in [-0.2, -0.15) is 5.10 Å². The minimum atomic E-state index is -0.115. The predicted molar refractivity (Wildman–Crippen MR) is 85.0 cm³/mol. The van der Waals surface area contributed by atoms with Crippen molar-refractivity contribution in [3.8, 4) is 5.69 Å². The summed E-state index contributed by atoms with van der Waals surface area (Å²) in [4.78, 5) is 4.27. The van der Waals surface area contributed by atoms with Crippen LogP contribution in [0.25, 0.3) is 5.69 Å². The number of hydrogen-bond donors (Lipinski definition) is 2. The lowest BCUT2D eigenvalue weighted by Crippen LogP contribution is -2.12. The summed E-state index contributed by atoms with van der Waals surface area (Å²) >= 11 is 0. The van der Waals surface area contributed by atoms with Crippen LogP contribution in [0, 0.1) is 0 Å². The third-order valence-corrected chi connectivity index (χ3v) is 3.42. The summed E-state index contributed by atoms with van der Waals surface area (Å²) in [7, 11) is 0. The molecule has 23 heavy (non-hydrogen) atoms. The average molecular weight is 313 g/mol. The predicted octanol–water partition coefficient (Wildman–Crippen LogP) is 1.54. The monoisotopic (exact) mass is 313 g/mol. The smallest absolute Gasteiger partial charge is 0.146 e. The molecule has 0 aliphatic carbocycles. The van der Waals surface area contributed by atoms with Crippen molar-refractivity contribution in [1.29, 1.82) is 0 Å². The van der Waals surface area contributed by atoms with E-state index in [1.807, 2.05) is 28.9 Å². The number of anilines is 1. The number of hydrogen-bond acceptors (Lipinski definition) is 6. The summed E-state index contributed by atoms with van der Waals surface area (Å²) < 4.78 is 3.53. The van der Waals surface area contributed by atoms with Gasteiger partial charge in [0, 0.05) is 11.7 Å². The molecule has 8 nitrogen and oxygen atoms in total. The minimum absolute atomic E-state index is 0.115. The summed E-state index contributed by atoms with van der Waals surface area (Å²) in [5, 5.41) is 24.4. The molecule has 0 amide bonds. The van der Waals surface area contributed by atoms with E-state index in [0.29, 0.717) is 12.2 Å². The van der Waals surface area contributed by atoms with Gasteiger partial charge in [0.05, 0.1) is 25.0 Å². The molecule has 120 valence electrons. The first kappa shape index (κ1) is 15.2. The third kappa shape index (κ3) is 3.37. The fraction of sp³-hybridized carbons (Fsp3) is 0.333. The molecule has 2 aromatic heterocycles. The third-order valence-electron chi connectivity index (χ3n) is 3.42. The van der Waals surface area contributed by atoms with Crippen molar-refractivity contribution in [3.63, 3.8) is 0 Å². The average Bonchev–Trinajstić information content (AvgIpc) is 3.22. The quantitative estimate of drug-likeness (QED) is 0.717. The second-order valence-corrected chi connectivity index (χ2v) is 5.43. The van der Waals surface area contributed by atoms with Gasteiger partial charge in [0.15, 0.2) is 0 Å². The lowest BCUT2D eigenvalue weighted by atomic mass is 10.3. The van der Waals surface area contributed by atoms with Crippen LogP contribution in [0.2, 0.25) is 0 Å². The maximum absolute atomic E-state index is 9.02. The summed E-state index contributed by atoms with van der Waals surface area (Å²) in [6.45, 7) is 4.64. The molecule has 3 aromatic rings. The highest BCUT2D eigenvalue weighted by Gasteiger charge is 2.07. The normalized spacial score (nSPS) is 11.1. The van der Waals surface area contributed by atoms with Crippen molar-refractivity contribution in [3.05, 3.63) is 48.3 Å². The Labute approximate surface area is 133 Å². The Morgan fingerprint density at radius 3 is 2.65 bits per heavy atom. The van der Waals surface area contributed by atoms with Crippen molar-refractivity contribution in [2.75, 3.05) is 5.32 Å². The summed E-state index contributed by atoms with van der Waals surface area (Å²) in [6, 6.07) is 8.08. The minimum Gasteiger partial charge on any atom is -0.390 e. The van der Waals surface area contributed by atoms with E-state index >= 15 is 0 Å². The van der Waals surface area contributed by atoms with Gasteiger partial charge in [-0.15, -0.1) is 5.10 Å². The number of aliphatic hydroxyl groups excluding tert-OH is 1. The first-order valence-electron chi connectivity index (χ1n) is 7.42. The summed E-state index contributed by atoms with van der Waals surface area (Å²) in [5.41, 5.74) is 2.41. The molecule has 0 aliphatic heterocycles. The van der Waals surface area contributed by atoms with Crippen molar-refractivity contribution >= 4 is 5.69 Å². The van der Waals surface area contributed by atoms with Crippen molar-refractivity contribution < 1.29 is 5.11 Å². The molecular weight excluding hydrogens is 294 g/mol. The van der Waals surface area contributed by atoms with E-state index in [9.17, 15) is 0 Å². The molecule has 3 rings (SSSR count). The highest BCUT2D eigenvalue weighted by Crippen LogP contribution is 2.14. The van der Waals surface area contributed by atoms with Gasteiger partial charge >= 0.3 is 0 Å². The molecule has 0 bridgehead atoms. The topological polar surface area (TPSA) is 93.7 Å². The second kappa shape index (κ2) is 6.57. The van der Waals surface area contributed by atoms with Gasteiger partial charge in [-0.25, -0.2) is 14.3 Å². The molecule has 0 aliphatic rings. The van der Waals surface area contributed by atoms with Crippen LogP contribution in [0.5, 0.6) is 0 Å². The van der Waals surface area contributed by atoms with Crippen LogP contribution in [0.1, 0.15) is 31.4 Å². The van der Waals surface area contributed by atoms with Crippen LogP contribution in [-0.2, 0) is 13.2 Å². The van der Waals surface area contributed by atoms with Gasteiger partial charge in [-0.05, 0) is 38.1 Å². The molecule has 0 atom stereocenters. The van der Waals surface area contributed by atoms with Gasteiger partial charge in [0.2, 0.25) is 0 Å². The molecule has 0 saturated carbocycles. The Bertz CT molecular complexity index is 760. The summed E-state index contributed by atoms with van der Waals surface area (Å²) in [5.74, 6) is 0.896. The first-order valence-corrected chi connectivity index (χ1v) is 7.42. The van der Waals surface area contributed by atoms with E-state index in [2.05, 4.69) is 39.6 Å². The van der Waals surface area contributed by atoms with E-state index in [1.54, 1.807) is 17.2 Å². The summed E-state index contributed by atoms with van der Waals surface area (Å²) in [6.07, 6.45) is 3.27. The number of aliphatic hydroxyl groups is 1. The number of aromatic nitrogens is 6. The maximum atomic E-state index is 9.02. The van der Waals surface area contributed by atoms with E-state index in [0.717, 1.165) is 17.2 Å². The van der Waals surface area contributed by atoms with Crippen LogP contribution >= 0.6 is 0 Å². The molecule has 0 fully saturated rings.